The molecular formula is C11H22N2O2S2. The summed E-state index contributed by atoms with van der Waals surface area (Å²) < 4.78 is 23.6. The van der Waals surface area contributed by atoms with Crippen molar-refractivity contribution in [3.63, 3.8) is 0 Å². The van der Waals surface area contributed by atoms with Gasteiger partial charge in [0.15, 0.2) is 9.84 Å². The first kappa shape index (κ1) is 13.6. The van der Waals surface area contributed by atoms with Gasteiger partial charge in [0.05, 0.1) is 0 Å². The first-order chi connectivity index (χ1) is 7.98. The second-order valence-corrected chi connectivity index (χ2v) is 8.60. The van der Waals surface area contributed by atoms with E-state index in [1.54, 1.807) is 11.8 Å². The fraction of sp³-hybridized carbons (Fsp3) is 1.00. The molecule has 0 saturated carbocycles. The summed E-state index contributed by atoms with van der Waals surface area (Å²) >= 11 is 1.76. The van der Waals surface area contributed by atoms with Crippen LogP contribution in [0.4, 0.5) is 0 Å². The van der Waals surface area contributed by atoms with Gasteiger partial charge < -0.3 is 5.32 Å². The van der Waals surface area contributed by atoms with E-state index in [0.717, 1.165) is 37.7 Å². The number of hydrogen-bond donors (Lipinski definition) is 1. The zero-order chi connectivity index (χ0) is 12.5. The lowest BCUT2D eigenvalue weighted by Gasteiger charge is -2.36. The van der Waals surface area contributed by atoms with Crippen LogP contribution in [0, 0.1) is 11.8 Å². The van der Waals surface area contributed by atoms with Crippen LogP contribution in [-0.2, 0) is 9.84 Å². The average Bonchev–Trinajstić information content (AvgIpc) is 2.64. The summed E-state index contributed by atoms with van der Waals surface area (Å²) in [5.74, 6) is 3.04. The maximum absolute atomic E-state index is 11.8. The van der Waals surface area contributed by atoms with E-state index in [1.165, 1.54) is 6.26 Å². The smallest absolute Gasteiger partial charge is 0.164 e. The third-order valence-corrected chi connectivity index (χ3v) is 6.52. The van der Waals surface area contributed by atoms with E-state index in [9.17, 15) is 8.42 Å². The maximum atomic E-state index is 11.8. The number of sulfone groups is 1. The molecule has 0 aromatic rings. The number of nitrogens with one attached hydrogen (secondary N) is 1. The Bertz CT molecular complexity index is 358. The molecule has 3 unspecified atom stereocenters. The lowest BCUT2D eigenvalue weighted by atomic mass is 9.97. The fourth-order valence-corrected chi connectivity index (χ4v) is 5.58. The summed E-state index contributed by atoms with van der Waals surface area (Å²) in [6.45, 7) is 6.18. The molecule has 0 amide bonds. The summed E-state index contributed by atoms with van der Waals surface area (Å²) in [6.07, 6.45) is 1.37. The van der Waals surface area contributed by atoms with Crippen LogP contribution >= 0.6 is 11.8 Å². The summed E-state index contributed by atoms with van der Waals surface area (Å²) in [7, 11) is -2.95. The zero-order valence-corrected chi connectivity index (χ0v) is 12.2. The van der Waals surface area contributed by atoms with Crippen molar-refractivity contribution in [2.45, 2.75) is 12.3 Å². The molecule has 0 aromatic heterocycles. The van der Waals surface area contributed by atoms with Gasteiger partial charge in [0.2, 0.25) is 0 Å². The molecule has 2 heterocycles. The Morgan fingerprint density at radius 3 is 2.76 bits per heavy atom. The van der Waals surface area contributed by atoms with E-state index in [1.807, 2.05) is 0 Å². The van der Waals surface area contributed by atoms with Gasteiger partial charge in [0.1, 0.15) is 5.37 Å². The normalized spacial score (nSPS) is 36.2. The molecule has 3 atom stereocenters. The first-order valence-corrected chi connectivity index (χ1v) is 9.31. The number of nitrogens with zero attached hydrogens (tertiary/aromatic N) is 1. The van der Waals surface area contributed by atoms with Crippen molar-refractivity contribution in [3.05, 3.63) is 0 Å². The summed E-state index contributed by atoms with van der Waals surface area (Å²) in [5, 5.41) is 3.11. The maximum Gasteiger partial charge on any atom is 0.164 e. The number of rotatable bonds is 3. The fourth-order valence-electron chi connectivity index (χ4n) is 2.63. The first-order valence-electron chi connectivity index (χ1n) is 6.20. The standard InChI is InChI=1S/C11H22N2O2S2/c1-9-5-12-6-10(9)7-13-3-4-16-8-11(13)17(2,14)15/h9-12H,3-8H2,1-2H3. The van der Waals surface area contributed by atoms with Crippen LogP contribution in [0.1, 0.15) is 6.92 Å². The van der Waals surface area contributed by atoms with Crippen LogP contribution in [0.25, 0.3) is 0 Å². The molecular weight excluding hydrogens is 256 g/mol. The van der Waals surface area contributed by atoms with Crippen LogP contribution < -0.4 is 5.32 Å². The second kappa shape index (κ2) is 5.47. The van der Waals surface area contributed by atoms with Gasteiger partial charge in [-0.3, -0.25) is 4.90 Å². The molecule has 2 aliphatic heterocycles. The van der Waals surface area contributed by atoms with Crippen molar-refractivity contribution in [1.82, 2.24) is 10.2 Å². The van der Waals surface area contributed by atoms with Crippen LogP contribution in [0.3, 0.4) is 0 Å². The minimum atomic E-state index is -2.95. The minimum Gasteiger partial charge on any atom is -0.316 e. The van der Waals surface area contributed by atoms with Crippen LogP contribution in [-0.4, -0.2) is 62.6 Å². The molecule has 0 aromatic carbocycles. The van der Waals surface area contributed by atoms with Crippen molar-refractivity contribution in [1.29, 1.82) is 0 Å². The van der Waals surface area contributed by atoms with Crippen molar-refractivity contribution < 1.29 is 8.42 Å². The predicted octanol–water partition coefficient (Wildman–Crippen LogP) is 0.261. The van der Waals surface area contributed by atoms with Gasteiger partial charge in [-0.2, -0.15) is 11.8 Å². The van der Waals surface area contributed by atoms with E-state index in [2.05, 4.69) is 17.1 Å². The summed E-state index contributed by atoms with van der Waals surface area (Å²) in [6, 6.07) is 0. The van der Waals surface area contributed by atoms with Crippen molar-refractivity contribution in [3.8, 4) is 0 Å². The number of thioether (sulfide) groups is 1. The van der Waals surface area contributed by atoms with Crippen molar-refractivity contribution in [2.24, 2.45) is 11.8 Å². The molecule has 17 heavy (non-hydrogen) atoms. The largest absolute Gasteiger partial charge is 0.316 e. The highest BCUT2D eigenvalue weighted by molar-refractivity contribution is 8.00. The quantitative estimate of drug-likeness (QED) is 0.802. The van der Waals surface area contributed by atoms with E-state index >= 15 is 0 Å². The molecule has 0 radical (unpaired) electrons. The zero-order valence-electron chi connectivity index (χ0n) is 10.6. The molecule has 4 nitrogen and oxygen atoms in total. The third-order valence-electron chi connectivity index (χ3n) is 3.83. The highest BCUT2D eigenvalue weighted by atomic mass is 32.2. The second-order valence-electron chi connectivity index (χ2n) is 5.25. The highest BCUT2D eigenvalue weighted by Crippen LogP contribution is 2.24. The molecule has 6 heteroatoms. The molecule has 0 spiro atoms. The van der Waals surface area contributed by atoms with Gasteiger partial charge in [0.25, 0.3) is 0 Å². The molecule has 2 aliphatic rings. The monoisotopic (exact) mass is 278 g/mol. The summed E-state index contributed by atoms with van der Waals surface area (Å²) in [5.41, 5.74) is 0. The van der Waals surface area contributed by atoms with Crippen molar-refractivity contribution >= 4 is 21.6 Å². The van der Waals surface area contributed by atoms with E-state index in [0.29, 0.717) is 11.8 Å². The Kier molecular flexibility index (Phi) is 4.39. The topological polar surface area (TPSA) is 49.4 Å². The van der Waals surface area contributed by atoms with Gasteiger partial charge in [-0.15, -0.1) is 0 Å². The Morgan fingerprint density at radius 2 is 2.18 bits per heavy atom. The van der Waals surface area contributed by atoms with Crippen molar-refractivity contribution in [2.75, 3.05) is 43.9 Å². The van der Waals surface area contributed by atoms with Crippen LogP contribution in [0.15, 0.2) is 0 Å². The Balaban J connectivity index is 2.01. The number of hydrogen-bond acceptors (Lipinski definition) is 5. The molecule has 0 aliphatic carbocycles. The molecule has 2 rings (SSSR count). The predicted molar refractivity (Wildman–Crippen MR) is 73.1 cm³/mol. The van der Waals surface area contributed by atoms with E-state index < -0.39 is 9.84 Å². The Hall–Kier alpha value is 0.220. The third kappa shape index (κ3) is 3.36. The molecule has 0 bridgehead atoms. The van der Waals surface area contributed by atoms with Gasteiger partial charge in [-0.05, 0) is 24.9 Å². The van der Waals surface area contributed by atoms with Gasteiger partial charge in [-0.1, -0.05) is 6.92 Å². The molecule has 2 fully saturated rings. The van der Waals surface area contributed by atoms with Crippen LogP contribution in [0.5, 0.6) is 0 Å². The Morgan fingerprint density at radius 1 is 1.41 bits per heavy atom. The Labute approximate surface area is 108 Å². The lowest BCUT2D eigenvalue weighted by molar-refractivity contribution is 0.215. The van der Waals surface area contributed by atoms with E-state index in [4.69, 9.17) is 0 Å². The van der Waals surface area contributed by atoms with Gasteiger partial charge in [-0.25, -0.2) is 8.42 Å². The molecule has 1 N–H and O–H groups in total. The molecule has 2 saturated heterocycles. The van der Waals surface area contributed by atoms with Gasteiger partial charge in [0, 0.05) is 30.9 Å². The minimum absolute atomic E-state index is 0.269. The van der Waals surface area contributed by atoms with E-state index in [-0.39, 0.29) is 5.37 Å². The highest BCUT2D eigenvalue weighted by Gasteiger charge is 2.34. The average molecular weight is 278 g/mol. The van der Waals surface area contributed by atoms with Gasteiger partial charge >= 0.3 is 0 Å². The lowest BCUT2D eigenvalue weighted by Crippen LogP contribution is -2.49. The molecule has 100 valence electrons. The SMILES string of the molecule is CC1CNCC1CN1CCSCC1S(C)(=O)=O. The van der Waals surface area contributed by atoms with Crippen LogP contribution in [0.2, 0.25) is 0 Å². The summed E-state index contributed by atoms with van der Waals surface area (Å²) in [4.78, 5) is 2.18.